The lowest BCUT2D eigenvalue weighted by molar-refractivity contribution is 0.188. The van der Waals surface area contributed by atoms with E-state index in [0.717, 1.165) is 38.2 Å². The summed E-state index contributed by atoms with van der Waals surface area (Å²) in [5.41, 5.74) is 1.18. The van der Waals surface area contributed by atoms with Crippen molar-refractivity contribution >= 4 is 0 Å². The first-order valence-corrected chi connectivity index (χ1v) is 6.53. The summed E-state index contributed by atoms with van der Waals surface area (Å²) >= 11 is 0. The maximum absolute atomic E-state index is 5.22. The molecule has 0 amide bonds. The lowest BCUT2D eigenvalue weighted by Crippen LogP contribution is -2.22. The predicted octanol–water partition coefficient (Wildman–Crippen LogP) is 2.56. The van der Waals surface area contributed by atoms with Crippen LogP contribution in [0.3, 0.4) is 0 Å². The van der Waals surface area contributed by atoms with Gasteiger partial charge in [-0.15, -0.1) is 0 Å². The van der Waals surface area contributed by atoms with E-state index in [1.807, 2.05) is 12.3 Å². The van der Waals surface area contributed by atoms with Crippen molar-refractivity contribution < 1.29 is 9.47 Å². The number of pyridine rings is 1. The molecular formula is C14H24N2O2. The third-order valence-corrected chi connectivity index (χ3v) is 2.85. The summed E-state index contributed by atoms with van der Waals surface area (Å²) in [5, 5.41) is 3.54. The van der Waals surface area contributed by atoms with Gasteiger partial charge in [0.25, 0.3) is 0 Å². The average Bonchev–Trinajstić information content (AvgIpc) is 2.42. The number of hydrogen-bond donors (Lipinski definition) is 1. The topological polar surface area (TPSA) is 43.4 Å². The SMILES string of the molecule is CCCNC(CCCOC)c1cncc(OC)c1. The van der Waals surface area contributed by atoms with Crippen LogP contribution in [0.2, 0.25) is 0 Å². The van der Waals surface area contributed by atoms with Crippen LogP contribution in [0, 0.1) is 0 Å². The normalized spacial score (nSPS) is 12.4. The zero-order valence-corrected chi connectivity index (χ0v) is 11.6. The zero-order chi connectivity index (χ0) is 13.2. The molecule has 0 fully saturated rings. The molecule has 1 N–H and O–H groups in total. The monoisotopic (exact) mass is 252 g/mol. The van der Waals surface area contributed by atoms with Gasteiger partial charge in [0.1, 0.15) is 5.75 Å². The van der Waals surface area contributed by atoms with E-state index in [9.17, 15) is 0 Å². The van der Waals surface area contributed by atoms with Crippen LogP contribution >= 0.6 is 0 Å². The molecule has 4 nitrogen and oxygen atoms in total. The largest absolute Gasteiger partial charge is 0.495 e. The standard InChI is InChI=1S/C14H24N2O2/c1-4-7-16-14(6-5-8-17-2)12-9-13(18-3)11-15-10-12/h9-11,14,16H,4-8H2,1-3H3. The van der Waals surface area contributed by atoms with E-state index in [1.54, 1.807) is 20.4 Å². The van der Waals surface area contributed by atoms with Crippen LogP contribution < -0.4 is 10.1 Å². The van der Waals surface area contributed by atoms with Gasteiger partial charge in [0.2, 0.25) is 0 Å². The molecule has 0 aromatic carbocycles. The summed E-state index contributed by atoms with van der Waals surface area (Å²) in [6.45, 7) is 3.97. The summed E-state index contributed by atoms with van der Waals surface area (Å²) in [5.74, 6) is 0.808. The molecule has 18 heavy (non-hydrogen) atoms. The number of ether oxygens (including phenoxy) is 2. The highest BCUT2D eigenvalue weighted by Gasteiger charge is 2.11. The first-order chi connectivity index (χ1) is 8.81. The molecule has 0 aliphatic carbocycles. The lowest BCUT2D eigenvalue weighted by Gasteiger charge is -2.19. The van der Waals surface area contributed by atoms with Crippen LogP contribution in [0.25, 0.3) is 0 Å². The van der Waals surface area contributed by atoms with Crippen molar-refractivity contribution in [2.24, 2.45) is 0 Å². The van der Waals surface area contributed by atoms with Crippen LogP contribution in [0.5, 0.6) is 5.75 Å². The number of hydrogen-bond acceptors (Lipinski definition) is 4. The van der Waals surface area contributed by atoms with Crippen molar-refractivity contribution in [1.82, 2.24) is 10.3 Å². The van der Waals surface area contributed by atoms with Crippen LogP contribution in [0.1, 0.15) is 37.8 Å². The van der Waals surface area contributed by atoms with E-state index in [0.29, 0.717) is 6.04 Å². The lowest BCUT2D eigenvalue weighted by atomic mass is 10.0. The van der Waals surface area contributed by atoms with E-state index < -0.39 is 0 Å². The third-order valence-electron chi connectivity index (χ3n) is 2.85. The molecule has 1 heterocycles. The summed E-state index contributed by atoms with van der Waals surface area (Å²) in [6, 6.07) is 2.37. The highest BCUT2D eigenvalue weighted by atomic mass is 16.5. The molecule has 0 saturated carbocycles. The fraction of sp³-hybridized carbons (Fsp3) is 0.643. The van der Waals surface area contributed by atoms with E-state index in [1.165, 1.54) is 5.56 Å². The molecule has 1 aromatic rings. The van der Waals surface area contributed by atoms with E-state index in [2.05, 4.69) is 17.2 Å². The van der Waals surface area contributed by atoms with Crippen molar-refractivity contribution in [3.8, 4) is 5.75 Å². The predicted molar refractivity (Wildman–Crippen MR) is 72.9 cm³/mol. The van der Waals surface area contributed by atoms with Gasteiger partial charge in [-0.3, -0.25) is 4.98 Å². The van der Waals surface area contributed by atoms with Gasteiger partial charge < -0.3 is 14.8 Å². The van der Waals surface area contributed by atoms with E-state index in [-0.39, 0.29) is 0 Å². The van der Waals surface area contributed by atoms with E-state index in [4.69, 9.17) is 9.47 Å². The molecular weight excluding hydrogens is 228 g/mol. The average molecular weight is 252 g/mol. The minimum Gasteiger partial charge on any atom is -0.495 e. The van der Waals surface area contributed by atoms with Crippen molar-refractivity contribution in [2.45, 2.75) is 32.2 Å². The Morgan fingerprint density at radius 1 is 1.33 bits per heavy atom. The Bertz CT molecular complexity index is 331. The second-order valence-electron chi connectivity index (χ2n) is 4.30. The number of aromatic nitrogens is 1. The van der Waals surface area contributed by atoms with Gasteiger partial charge >= 0.3 is 0 Å². The van der Waals surface area contributed by atoms with Gasteiger partial charge in [-0.1, -0.05) is 6.92 Å². The first-order valence-electron chi connectivity index (χ1n) is 6.53. The van der Waals surface area contributed by atoms with Crippen molar-refractivity contribution in [2.75, 3.05) is 27.4 Å². The maximum Gasteiger partial charge on any atom is 0.137 e. The number of nitrogens with zero attached hydrogens (tertiary/aromatic N) is 1. The number of methoxy groups -OCH3 is 2. The maximum atomic E-state index is 5.22. The molecule has 0 saturated heterocycles. The molecule has 0 spiro atoms. The fourth-order valence-corrected chi connectivity index (χ4v) is 1.87. The fourth-order valence-electron chi connectivity index (χ4n) is 1.87. The Balaban J connectivity index is 2.66. The van der Waals surface area contributed by atoms with Crippen LogP contribution in [0.15, 0.2) is 18.5 Å². The Morgan fingerprint density at radius 3 is 2.83 bits per heavy atom. The Hall–Kier alpha value is -1.13. The zero-order valence-electron chi connectivity index (χ0n) is 11.6. The van der Waals surface area contributed by atoms with Crippen LogP contribution in [0.4, 0.5) is 0 Å². The molecule has 0 radical (unpaired) electrons. The molecule has 0 bridgehead atoms. The minimum absolute atomic E-state index is 0.322. The van der Waals surface area contributed by atoms with Crippen molar-refractivity contribution in [3.05, 3.63) is 24.0 Å². The molecule has 102 valence electrons. The molecule has 1 atom stereocenters. The Morgan fingerprint density at radius 2 is 2.17 bits per heavy atom. The Labute approximate surface area is 110 Å². The third kappa shape index (κ3) is 5.02. The van der Waals surface area contributed by atoms with Crippen LogP contribution in [-0.2, 0) is 4.74 Å². The van der Waals surface area contributed by atoms with Gasteiger partial charge in [0, 0.05) is 26.0 Å². The molecule has 1 rings (SSSR count). The smallest absolute Gasteiger partial charge is 0.137 e. The molecule has 1 aromatic heterocycles. The minimum atomic E-state index is 0.322. The highest BCUT2D eigenvalue weighted by Crippen LogP contribution is 2.21. The van der Waals surface area contributed by atoms with Gasteiger partial charge in [-0.2, -0.15) is 0 Å². The van der Waals surface area contributed by atoms with Gasteiger partial charge in [-0.05, 0) is 37.4 Å². The Kier molecular flexibility index (Phi) is 7.37. The molecule has 0 aliphatic heterocycles. The van der Waals surface area contributed by atoms with Gasteiger partial charge in [0.05, 0.1) is 13.3 Å². The number of rotatable bonds is 9. The summed E-state index contributed by atoms with van der Waals surface area (Å²) in [6.07, 6.45) is 6.84. The molecule has 4 heteroatoms. The van der Waals surface area contributed by atoms with Crippen molar-refractivity contribution in [3.63, 3.8) is 0 Å². The number of nitrogens with one attached hydrogen (secondary N) is 1. The summed E-state index contributed by atoms with van der Waals surface area (Å²) in [7, 11) is 3.40. The van der Waals surface area contributed by atoms with Crippen LogP contribution in [-0.4, -0.2) is 32.4 Å². The van der Waals surface area contributed by atoms with Gasteiger partial charge in [-0.25, -0.2) is 0 Å². The van der Waals surface area contributed by atoms with E-state index >= 15 is 0 Å². The second-order valence-corrected chi connectivity index (χ2v) is 4.30. The highest BCUT2D eigenvalue weighted by molar-refractivity contribution is 5.25. The summed E-state index contributed by atoms with van der Waals surface area (Å²) in [4.78, 5) is 4.22. The van der Waals surface area contributed by atoms with Gasteiger partial charge in [0.15, 0.2) is 0 Å². The quantitative estimate of drug-likeness (QED) is 0.686. The summed E-state index contributed by atoms with van der Waals surface area (Å²) < 4.78 is 10.3. The first kappa shape index (κ1) is 14.9. The second kappa shape index (κ2) is 8.89. The molecule has 0 aliphatic rings. The molecule has 1 unspecified atom stereocenters. The van der Waals surface area contributed by atoms with Crippen molar-refractivity contribution in [1.29, 1.82) is 0 Å².